The number of rotatable bonds is 3. The average Bonchev–Trinajstić information content (AvgIpc) is 3.00. The van der Waals surface area contributed by atoms with Crippen LogP contribution in [0.15, 0.2) is 23.1 Å². The predicted molar refractivity (Wildman–Crippen MR) is 74.8 cm³/mol. The van der Waals surface area contributed by atoms with Crippen molar-refractivity contribution in [2.45, 2.75) is 32.0 Å². The van der Waals surface area contributed by atoms with Gasteiger partial charge >= 0.3 is 0 Å². The Morgan fingerprint density at radius 3 is 2.95 bits per heavy atom. The van der Waals surface area contributed by atoms with Crippen LogP contribution in [0.4, 0.5) is 0 Å². The van der Waals surface area contributed by atoms with Gasteiger partial charge in [-0.1, -0.05) is 0 Å². The quantitative estimate of drug-likeness (QED) is 0.866. The smallest absolute Gasteiger partial charge is 0.0773 e. The lowest BCUT2D eigenvalue weighted by Crippen LogP contribution is -2.47. The largest absolute Gasteiger partial charge is 0.295 e. The number of aromatic nitrogens is 4. The Morgan fingerprint density at radius 1 is 1.26 bits per heavy atom. The monoisotopic (exact) mass is 321 g/mol. The summed E-state index contributed by atoms with van der Waals surface area (Å²) in [6, 6.07) is 0.523. The Balaban J connectivity index is 1.39. The molecule has 4 heterocycles. The highest BCUT2D eigenvalue weighted by Crippen LogP contribution is 2.26. The van der Waals surface area contributed by atoms with E-state index in [1.54, 1.807) is 0 Å². The highest BCUT2D eigenvalue weighted by molar-refractivity contribution is 9.10. The maximum Gasteiger partial charge on any atom is 0.0773 e. The zero-order valence-electron chi connectivity index (χ0n) is 10.7. The average molecular weight is 322 g/mol. The first-order valence-electron chi connectivity index (χ1n) is 6.75. The summed E-state index contributed by atoms with van der Waals surface area (Å²) in [6.07, 6.45) is 8.40. The van der Waals surface area contributed by atoms with Gasteiger partial charge in [0.15, 0.2) is 0 Å². The second-order valence-electron chi connectivity index (χ2n) is 5.43. The normalized spacial score (nSPS) is 19.6. The fourth-order valence-electron chi connectivity index (χ4n) is 3.05. The van der Waals surface area contributed by atoms with E-state index in [1.807, 2.05) is 12.4 Å². The van der Waals surface area contributed by atoms with E-state index in [0.29, 0.717) is 6.04 Å². The number of hydrogen-bond acceptors (Lipinski definition) is 3. The fraction of sp³-hybridized carbons (Fsp3) is 0.538. The minimum Gasteiger partial charge on any atom is -0.295 e. The van der Waals surface area contributed by atoms with E-state index in [9.17, 15) is 0 Å². The molecule has 6 heteroatoms. The number of hydrogen-bond donors (Lipinski definition) is 0. The molecule has 2 aliphatic heterocycles. The number of halogens is 1. The van der Waals surface area contributed by atoms with Gasteiger partial charge in [0.05, 0.1) is 22.9 Å². The van der Waals surface area contributed by atoms with E-state index in [4.69, 9.17) is 0 Å². The van der Waals surface area contributed by atoms with Crippen LogP contribution >= 0.6 is 15.9 Å². The molecule has 0 aromatic carbocycles. The molecular weight excluding hydrogens is 306 g/mol. The SMILES string of the molecule is Brc1cnn(C2CN(Cc3cnn4c3CCC4)C2)c1. The third-order valence-corrected chi connectivity index (χ3v) is 4.50. The van der Waals surface area contributed by atoms with Gasteiger partial charge in [-0.2, -0.15) is 10.2 Å². The second kappa shape index (κ2) is 4.45. The third kappa shape index (κ3) is 2.03. The van der Waals surface area contributed by atoms with Crippen LogP contribution in [0, 0.1) is 0 Å². The highest BCUT2D eigenvalue weighted by Gasteiger charge is 2.30. The molecule has 0 unspecified atom stereocenters. The van der Waals surface area contributed by atoms with Crippen molar-refractivity contribution in [2.24, 2.45) is 0 Å². The van der Waals surface area contributed by atoms with E-state index in [0.717, 1.165) is 30.7 Å². The molecule has 0 saturated carbocycles. The van der Waals surface area contributed by atoms with Crippen LogP contribution in [-0.2, 0) is 19.5 Å². The Morgan fingerprint density at radius 2 is 2.16 bits per heavy atom. The zero-order chi connectivity index (χ0) is 12.8. The van der Waals surface area contributed by atoms with Crippen molar-refractivity contribution in [1.82, 2.24) is 24.5 Å². The Kier molecular flexibility index (Phi) is 2.73. The summed E-state index contributed by atoms with van der Waals surface area (Å²) in [5.74, 6) is 0. The number of nitrogens with zero attached hydrogens (tertiary/aromatic N) is 5. The molecule has 2 aliphatic rings. The second-order valence-corrected chi connectivity index (χ2v) is 6.35. The molecule has 0 bridgehead atoms. The van der Waals surface area contributed by atoms with Crippen molar-refractivity contribution in [2.75, 3.05) is 13.1 Å². The molecule has 0 spiro atoms. The standard InChI is InChI=1S/C13H16BrN5/c14-11-5-16-19(7-11)12-8-17(9-12)6-10-4-15-18-3-1-2-13(10)18/h4-5,7,12H,1-3,6,8-9H2. The lowest BCUT2D eigenvalue weighted by Gasteiger charge is -2.39. The molecule has 0 radical (unpaired) electrons. The number of aryl methyl sites for hydroxylation is 1. The van der Waals surface area contributed by atoms with Crippen LogP contribution in [0.2, 0.25) is 0 Å². The summed E-state index contributed by atoms with van der Waals surface area (Å²) in [5.41, 5.74) is 2.86. The van der Waals surface area contributed by atoms with Crippen LogP contribution in [0.25, 0.3) is 0 Å². The van der Waals surface area contributed by atoms with Crippen LogP contribution in [0.1, 0.15) is 23.7 Å². The molecular formula is C13H16BrN5. The van der Waals surface area contributed by atoms with Gasteiger partial charge in [0.25, 0.3) is 0 Å². The Hall–Kier alpha value is -1.14. The van der Waals surface area contributed by atoms with E-state index in [2.05, 4.69) is 46.6 Å². The minimum absolute atomic E-state index is 0.523. The molecule has 1 fully saturated rings. The van der Waals surface area contributed by atoms with Crippen molar-refractivity contribution >= 4 is 15.9 Å². The number of fused-ring (bicyclic) bond motifs is 1. The maximum absolute atomic E-state index is 4.45. The Labute approximate surface area is 120 Å². The molecule has 0 aliphatic carbocycles. The highest BCUT2D eigenvalue weighted by atomic mass is 79.9. The van der Waals surface area contributed by atoms with Gasteiger partial charge in [0, 0.05) is 43.6 Å². The van der Waals surface area contributed by atoms with Crippen LogP contribution in [-0.4, -0.2) is 37.6 Å². The van der Waals surface area contributed by atoms with Crippen LogP contribution < -0.4 is 0 Å². The molecule has 1 saturated heterocycles. The molecule has 19 heavy (non-hydrogen) atoms. The first-order valence-corrected chi connectivity index (χ1v) is 7.54. The Bertz CT molecular complexity index is 596. The van der Waals surface area contributed by atoms with Gasteiger partial charge in [-0.3, -0.25) is 14.3 Å². The van der Waals surface area contributed by atoms with Crippen molar-refractivity contribution in [3.05, 3.63) is 34.3 Å². The van der Waals surface area contributed by atoms with E-state index >= 15 is 0 Å². The molecule has 2 aromatic heterocycles. The topological polar surface area (TPSA) is 38.9 Å². The molecule has 4 rings (SSSR count). The summed E-state index contributed by atoms with van der Waals surface area (Å²) in [6.45, 7) is 4.30. The fourth-order valence-corrected chi connectivity index (χ4v) is 3.36. The molecule has 5 nitrogen and oxygen atoms in total. The van der Waals surface area contributed by atoms with Gasteiger partial charge in [-0.15, -0.1) is 0 Å². The summed E-state index contributed by atoms with van der Waals surface area (Å²) in [7, 11) is 0. The summed E-state index contributed by atoms with van der Waals surface area (Å²) in [5, 5.41) is 8.81. The zero-order valence-corrected chi connectivity index (χ0v) is 12.3. The lowest BCUT2D eigenvalue weighted by molar-refractivity contribution is 0.0906. The van der Waals surface area contributed by atoms with Crippen molar-refractivity contribution in [1.29, 1.82) is 0 Å². The summed E-state index contributed by atoms with van der Waals surface area (Å²) >= 11 is 3.44. The van der Waals surface area contributed by atoms with E-state index in [-0.39, 0.29) is 0 Å². The molecule has 0 amide bonds. The summed E-state index contributed by atoms with van der Waals surface area (Å²) in [4.78, 5) is 2.47. The third-order valence-electron chi connectivity index (χ3n) is 4.09. The first-order chi connectivity index (χ1) is 9.29. The van der Waals surface area contributed by atoms with Crippen molar-refractivity contribution < 1.29 is 0 Å². The lowest BCUT2D eigenvalue weighted by atomic mass is 10.1. The van der Waals surface area contributed by atoms with Crippen molar-refractivity contribution in [3.63, 3.8) is 0 Å². The molecule has 2 aromatic rings. The summed E-state index contributed by atoms with van der Waals surface area (Å²) < 4.78 is 5.28. The van der Waals surface area contributed by atoms with Gasteiger partial charge in [-0.05, 0) is 28.8 Å². The molecule has 100 valence electrons. The predicted octanol–water partition coefficient (Wildman–Crippen LogP) is 1.85. The van der Waals surface area contributed by atoms with E-state index in [1.165, 1.54) is 24.1 Å². The maximum atomic E-state index is 4.45. The van der Waals surface area contributed by atoms with E-state index < -0.39 is 0 Å². The van der Waals surface area contributed by atoms with Crippen molar-refractivity contribution in [3.8, 4) is 0 Å². The van der Waals surface area contributed by atoms with Crippen LogP contribution in [0.5, 0.6) is 0 Å². The van der Waals surface area contributed by atoms with Gasteiger partial charge in [0.2, 0.25) is 0 Å². The molecule has 0 N–H and O–H groups in total. The molecule has 0 atom stereocenters. The number of likely N-dealkylation sites (tertiary alicyclic amines) is 1. The van der Waals surface area contributed by atoms with Gasteiger partial charge < -0.3 is 0 Å². The van der Waals surface area contributed by atoms with Crippen LogP contribution in [0.3, 0.4) is 0 Å². The van der Waals surface area contributed by atoms with Gasteiger partial charge in [-0.25, -0.2) is 0 Å². The first kappa shape index (κ1) is 11.7. The van der Waals surface area contributed by atoms with Gasteiger partial charge in [0.1, 0.15) is 0 Å². The minimum atomic E-state index is 0.523.